The van der Waals surface area contributed by atoms with E-state index >= 15 is 0 Å². The van der Waals surface area contributed by atoms with E-state index in [0.29, 0.717) is 0 Å². The van der Waals surface area contributed by atoms with Crippen molar-refractivity contribution in [2.45, 2.75) is 24.9 Å². The maximum absolute atomic E-state index is 11.8. The second-order valence-corrected chi connectivity index (χ2v) is 4.83. The molecule has 0 amide bonds. The van der Waals surface area contributed by atoms with Gasteiger partial charge in [0.15, 0.2) is 5.69 Å². The largest absolute Gasteiger partial charge is 0.394 e. The normalized spacial score (nSPS) is 25.6. The van der Waals surface area contributed by atoms with E-state index in [1.165, 1.54) is 11.2 Å². The minimum absolute atomic E-state index is 0.0613. The molecule has 21 heavy (non-hydrogen) atoms. The Hall–Kier alpha value is -2.04. The van der Waals surface area contributed by atoms with Crippen LogP contribution in [0.2, 0.25) is 0 Å². The molecule has 0 saturated carbocycles. The molecule has 1 aliphatic rings. The third-order valence-corrected chi connectivity index (χ3v) is 2.97. The molecular weight excluding hydrogens is 282 g/mol. The summed E-state index contributed by atoms with van der Waals surface area (Å²) in [6.07, 6.45) is -1.09. The highest BCUT2D eigenvalue weighted by molar-refractivity contribution is 5.28. The number of rotatable bonds is 4. The van der Waals surface area contributed by atoms with Crippen LogP contribution in [0.4, 0.5) is 5.69 Å². The molecule has 0 radical (unpaired) electrons. The zero-order chi connectivity index (χ0) is 15.6. The molecule has 0 aromatic carbocycles. The van der Waals surface area contributed by atoms with Gasteiger partial charge < -0.3 is 14.9 Å². The lowest BCUT2D eigenvalue weighted by Crippen LogP contribution is -2.32. The molecule has 0 unspecified atom stereocenters. The molecule has 3 N–H and O–H groups in total. The summed E-state index contributed by atoms with van der Waals surface area (Å²) in [4.78, 5) is 25.6. The van der Waals surface area contributed by atoms with E-state index in [4.69, 9.17) is 9.84 Å². The Labute approximate surface area is 119 Å². The molecule has 2 heterocycles. The Bertz CT molecular complexity index is 637. The Morgan fingerprint density at radius 2 is 2.24 bits per heavy atom. The van der Waals surface area contributed by atoms with Gasteiger partial charge in [-0.3, -0.25) is 19.4 Å². The summed E-state index contributed by atoms with van der Waals surface area (Å²) in [7, 11) is 3.27. The van der Waals surface area contributed by atoms with E-state index in [9.17, 15) is 14.7 Å². The summed E-state index contributed by atoms with van der Waals surface area (Å²) >= 11 is 0. The molecule has 2 rings (SSSR count). The first-order valence-corrected chi connectivity index (χ1v) is 6.31. The number of H-pyrrole nitrogens is 1. The minimum atomic E-state index is -0.884. The molecule has 1 aliphatic heterocycles. The first-order valence-electron chi connectivity index (χ1n) is 6.31. The Balaban J connectivity index is 2.34. The molecule has 0 spiro atoms. The molecule has 1 aromatic rings. The third kappa shape index (κ3) is 3.35. The van der Waals surface area contributed by atoms with E-state index < -0.39 is 29.7 Å². The third-order valence-electron chi connectivity index (χ3n) is 2.97. The number of nitrogens with one attached hydrogen (secondary N) is 1. The van der Waals surface area contributed by atoms with Gasteiger partial charge in [0.1, 0.15) is 12.3 Å². The maximum atomic E-state index is 11.8. The number of aromatic amines is 1. The van der Waals surface area contributed by atoms with E-state index in [-0.39, 0.29) is 18.7 Å². The van der Waals surface area contributed by atoms with Gasteiger partial charge in [0, 0.05) is 26.7 Å². The summed E-state index contributed by atoms with van der Waals surface area (Å²) in [5, 5.41) is 27.5. The molecule has 1 aromatic heterocycles. The van der Waals surface area contributed by atoms with Crippen molar-refractivity contribution in [3.63, 3.8) is 0 Å². The zero-order valence-electron chi connectivity index (χ0n) is 11.6. The van der Waals surface area contributed by atoms with Crippen LogP contribution in [0.5, 0.6) is 0 Å². The van der Waals surface area contributed by atoms with Gasteiger partial charge >= 0.3 is 5.69 Å². The molecule has 0 aliphatic carbocycles. The zero-order valence-corrected chi connectivity index (χ0v) is 11.6. The molecule has 10 nitrogen and oxygen atoms in total. The van der Waals surface area contributed by atoms with Crippen LogP contribution in [0.15, 0.2) is 26.1 Å². The predicted octanol–water partition coefficient (Wildman–Crippen LogP) is -1.26. The van der Waals surface area contributed by atoms with Crippen LogP contribution in [0.3, 0.4) is 0 Å². The summed E-state index contributed by atoms with van der Waals surface area (Å²) in [5.41, 5.74) is -1.41. The Morgan fingerprint density at radius 1 is 1.52 bits per heavy atom. The topological polar surface area (TPSA) is 133 Å². The summed E-state index contributed by atoms with van der Waals surface area (Å²) in [6, 6.07) is 0. The molecule has 1 fully saturated rings. The van der Waals surface area contributed by atoms with Crippen LogP contribution >= 0.6 is 0 Å². The predicted molar refractivity (Wildman–Crippen MR) is 71.1 cm³/mol. The highest BCUT2D eigenvalue weighted by Crippen LogP contribution is 2.27. The number of ether oxygens (including phenoxy) is 1. The summed E-state index contributed by atoms with van der Waals surface area (Å²) in [5.74, 6) is 0. The summed E-state index contributed by atoms with van der Waals surface area (Å²) in [6.45, 7) is -0.358. The van der Waals surface area contributed by atoms with Gasteiger partial charge in [-0.2, -0.15) is 0 Å². The average Bonchev–Trinajstić information content (AvgIpc) is 2.78. The van der Waals surface area contributed by atoms with Gasteiger partial charge in [-0.15, -0.1) is 5.11 Å². The van der Waals surface area contributed by atoms with Crippen LogP contribution in [0.1, 0.15) is 12.6 Å². The number of hydrogen-bond acceptors (Lipinski definition) is 7. The number of aliphatic hydroxyl groups is 2. The quantitative estimate of drug-likeness (QED) is 0.469. The van der Waals surface area contributed by atoms with Crippen molar-refractivity contribution in [2.75, 3.05) is 20.7 Å². The van der Waals surface area contributed by atoms with Crippen molar-refractivity contribution in [2.24, 2.45) is 10.3 Å². The first kappa shape index (κ1) is 15.4. The van der Waals surface area contributed by atoms with Crippen molar-refractivity contribution in [1.82, 2.24) is 14.6 Å². The average molecular weight is 299 g/mol. The van der Waals surface area contributed by atoms with Crippen LogP contribution in [0.25, 0.3) is 0 Å². The van der Waals surface area contributed by atoms with Gasteiger partial charge in [-0.05, 0) is 0 Å². The van der Waals surface area contributed by atoms with Gasteiger partial charge in [-0.25, -0.2) is 4.79 Å². The first-order chi connectivity index (χ1) is 9.92. The van der Waals surface area contributed by atoms with E-state index in [1.807, 2.05) is 0 Å². The fourth-order valence-corrected chi connectivity index (χ4v) is 1.95. The van der Waals surface area contributed by atoms with E-state index in [0.717, 1.165) is 4.57 Å². The van der Waals surface area contributed by atoms with Crippen LogP contribution in [-0.4, -0.2) is 57.7 Å². The SMILES string of the molecule is CN(C)N=Nc1cn([C@H]2C[C@H](O)[C@@H](CO)O2)c(=O)[nH]c1=O. The summed E-state index contributed by atoms with van der Waals surface area (Å²) < 4.78 is 6.48. The fourth-order valence-electron chi connectivity index (χ4n) is 1.95. The van der Waals surface area contributed by atoms with Gasteiger partial charge in [0.05, 0.1) is 12.7 Å². The number of aliphatic hydroxyl groups excluding tert-OH is 2. The number of aromatic nitrogens is 2. The van der Waals surface area contributed by atoms with Crippen molar-refractivity contribution in [3.05, 3.63) is 27.0 Å². The number of hydrogen-bond donors (Lipinski definition) is 3. The van der Waals surface area contributed by atoms with E-state index in [2.05, 4.69) is 15.3 Å². The molecule has 116 valence electrons. The van der Waals surface area contributed by atoms with Crippen molar-refractivity contribution in [1.29, 1.82) is 0 Å². The van der Waals surface area contributed by atoms with Gasteiger partial charge in [0.25, 0.3) is 5.56 Å². The van der Waals surface area contributed by atoms with Crippen molar-refractivity contribution < 1.29 is 14.9 Å². The van der Waals surface area contributed by atoms with Crippen molar-refractivity contribution >= 4 is 5.69 Å². The van der Waals surface area contributed by atoms with Crippen molar-refractivity contribution in [3.8, 4) is 0 Å². The number of nitrogens with zero attached hydrogens (tertiary/aromatic N) is 4. The van der Waals surface area contributed by atoms with Gasteiger partial charge in [-0.1, -0.05) is 5.22 Å². The highest BCUT2D eigenvalue weighted by atomic mass is 16.5. The smallest absolute Gasteiger partial charge is 0.330 e. The second kappa shape index (κ2) is 6.16. The van der Waals surface area contributed by atoms with Crippen LogP contribution in [-0.2, 0) is 4.74 Å². The molecule has 10 heteroatoms. The molecule has 0 bridgehead atoms. The monoisotopic (exact) mass is 299 g/mol. The Kier molecular flexibility index (Phi) is 4.50. The highest BCUT2D eigenvalue weighted by Gasteiger charge is 2.35. The molecular formula is C11H17N5O5. The lowest BCUT2D eigenvalue weighted by molar-refractivity contribution is -0.0458. The van der Waals surface area contributed by atoms with Gasteiger partial charge in [0.2, 0.25) is 0 Å². The fraction of sp³-hybridized carbons (Fsp3) is 0.636. The minimum Gasteiger partial charge on any atom is -0.394 e. The lowest BCUT2D eigenvalue weighted by Gasteiger charge is -2.14. The second-order valence-electron chi connectivity index (χ2n) is 4.83. The van der Waals surface area contributed by atoms with E-state index in [1.54, 1.807) is 14.1 Å². The lowest BCUT2D eigenvalue weighted by atomic mass is 10.2. The van der Waals surface area contributed by atoms with Crippen LogP contribution < -0.4 is 11.2 Å². The van der Waals surface area contributed by atoms with Crippen LogP contribution in [0, 0.1) is 0 Å². The molecule has 1 saturated heterocycles. The maximum Gasteiger partial charge on any atom is 0.330 e. The molecule has 3 atom stereocenters. The standard InChI is InChI=1S/C11H17N5O5/c1-15(2)14-13-6-4-16(11(20)12-10(6)19)9-3-7(18)8(5-17)21-9/h4,7-9,17-18H,3,5H2,1-2H3,(H,12,19,20)/t7-,8+,9+/m0/s1. The Morgan fingerprint density at radius 3 is 2.81 bits per heavy atom.